The van der Waals surface area contributed by atoms with Crippen molar-refractivity contribution in [2.24, 2.45) is 17.8 Å². The van der Waals surface area contributed by atoms with E-state index in [1.54, 1.807) is 19.1 Å². The van der Waals surface area contributed by atoms with Gasteiger partial charge < -0.3 is 40.3 Å². The van der Waals surface area contributed by atoms with Gasteiger partial charge in [0.2, 0.25) is 17.7 Å². The predicted octanol–water partition coefficient (Wildman–Crippen LogP) is 1.30. The zero-order valence-electron chi connectivity index (χ0n) is 30.7. The average molecular weight is 654 g/mol. The number of hydrogen-bond donors (Lipinski definition) is 3. The van der Waals surface area contributed by atoms with Gasteiger partial charge in [0.15, 0.2) is 0 Å². The predicted molar refractivity (Wildman–Crippen MR) is 185 cm³/mol. The number of methoxy groups -OCH3 is 1. The van der Waals surface area contributed by atoms with Crippen molar-refractivity contribution in [3.05, 3.63) is 0 Å². The van der Waals surface area contributed by atoms with Gasteiger partial charge >= 0.3 is 0 Å². The topological polar surface area (TPSA) is 127 Å². The van der Waals surface area contributed by atoms with Crippen molar-refractivity contribution in [1.29, 1.82) is 0 Å². The molecule has 0 aromatic rings. The monoisotopic (exact) mass is 654 g/mol. The van der Waals surface area contributed by atoms with E-state index < -0.39 is 0 Å². The summed E-state index contributed by atoms with van der Waals surface area (Å²) in [6.45, 7) is 14.0. The molecule has 46 heavy (non-hydrogen) atoms. The Morgan fingerprint density at radius 1 is 0.717 bits per heavy atom. The van der Waals surface area contributed by atoms with E-state index in [1.807, 2.05) is 38.0 Å². The van der Waals surface area contributed by atoms with Crippen LogP contribution in [0, 0.1) is 17.8 Å². The molecule has 3 fully saturated rings. The summed E-state index contributed by atoms with van der Waals surface area (Å²) < 4.78 is 5.02. The lowest BCUT2D eigenvalue weighted by Crippen LogP contribution is -2.46. The number of ether oxygens (including phenoxy) is 1. The first-order chi connectivity index (χ1) is 21.8. The molecule has 0 aliphatic carbocycles. The van der Waals surface area contributed by atoms with E-state index in [4.69, 9.17) is 4.74 Å². The molecule has 3 saturated heterocycles. The fourth-order valence-electron chi connectivity index (χ4n) is 6.10. The number of Topliss-reactive ketones (excluding diaryl/α,β-unsaturated/α-hetero) is 1. The molecule has 3 aliphatic heterocycles. The number of rotatable bonds is 11. The fraction of sp³-hybridized carbons (Fsp3) is 0.882. The van der Waals surface area contributed by atoms with Gasteiger partial charge in [0.25, 0.3) is 0 Å². The summed E-state index contributed by atoms with van der Waals surface area (Å²) in [5.74, 6) is 2.38. The van der Waals surface area contributed by atoms with E-state index in [-0.39, 0.29) is 48.2 Å². The fourth-order valence-corrected chi connectivity index (χ4v) is 6.10. The SMILES string of the molecule is CNC1CC(C)CCN(CC(C)=O)C1=O.CNC1CC(C)CCN(CCN(C)C)C1=O.CNC1CC(C)CCN(CCOC)C1=O. The highest BCUT2D eigenvalue weighted by molar-refractivity contribution is 5.87. The van der Waals surface area contributed by atoms with Crippen LogP contribution in [-0.2, 0) is 23.9 Å². The van der Waals surface area contributed by atoms with E-state index in [0.29, 0.717) is 37.5 Å². The second-order valence-electron chi connectivity index (χ2n) is 13.8. The minimum Gasteiger partial charge on any atom is -0.383 e. The van der Waals surface area contributed by atoms with Crippen molar-refractivity contribution in [2.45, 2.75) is 84.3 Å². The van der Waals surface area contributed by atoms with Gasteiger partial charge in [-0.1, -0.05) is 20.8 Å². The standard InChI is InChI=1S/C12H25N3O.C11H20N2O2.C11H22N2O2/c1-10-5-6-15(8-7-14(3)4)12(16)11(9-10)13-2;1-8-4-5-13(7-9(2)14)11(15)10(6-8)12-3;1-9-4-5-13(6-7-15-3)11(14)10(8-9)12-2/h10-11,13H,5-9H2,1-4H3;8,10,12H,4-7H2,1-3H3;9-10,12H,4-8H2,1-3H3. The maximum atomic E-state index is 12.2. The molecule has 0 radical (unpaired) electrons. The summed E-state index contributed by atoms with van der Waals surface area (Å²) in [5, 5.41) is 9.26. The molecule has 0 aromatic heterocycles. The zero-order valence-corrected chi connectivity index (χ0v) is 30.7. The minimum atomic E-state index is -0.123. The summed E-state index contributed by atoms with van der Waals surface area (Å²) in [4.78, 5) is 54.9. The number of carbonyl (C=O) groups excluding carboxylic acids is 4. The first-order valence-electron chi connectivity index (χ1n) is 17.3. The molecule has 6 unspecified atom stereocenters. The minimum absolute atomic E-state index is 0.0136. The summed E-state index contributed by atoms with van der Waals surface area (Å²) >= 11 is 0. The summed E-state index contributed by atoms with van der Waals surface area (Å²) in [5.41, 5.74) is 0. The molecule has 0 aromatic carbocycles. The normalized spacial score (nSPS) is 27.6. The summed E-state index contributed by atoms with van der Waals surface area (Å²) in [6, 6.07) is -0.124. The van der Waals surface area contributed by atoms with Crippen LogP contribution in [0.1, 0.15) is 66.2 Å². The van der Waals surface area contributed by atoms with E-state index >= 15 is 0 Å². The lowest BCUT2D eigenvalue weighted by molar-refractivity contribution is -0.136. The van der Waals surface area contributed by atoms with Crippen LogP contribution < -0.4 is 16.0 Å². The average Bonchev–Trinajstić information content (AvgIpc) is 3.32. The van der Waals surface area contributed by atoms with Gasteiger partial charge in [-0.3, -0.25) is 19.2 Å². The molecule has 3 heterocycles. The van der Waals surface area contributed by atoms with Crippen molar-refractivity contribution >= 4 is 23.5 Å². The smallest absolute Gasteiger partial charge is 0.240 e. The lowest BCUT2D eigenvalue weighted by Gasteiger charge is -2.25. The summed E-state index contributed by atoms with van der Waals surface area (Å²) in [6.07, 6.45) is 5.97. The molecule has 3 amide bonds. The molecule has 268 valence electrons. The molecule has 3 aliphatic rings. The van der Waals surface area contributed by atoms with Crippen molar-refractivity contribution in [3.8, 4) is 0 Å². The molecular formula is C34H67N7O5. The molecule has 0 bridgehead atoms. The third-order valence-corrected chi connectivity index (χ3v) is 9.26. The first-order valence-corrected chi connectivity index (χ1v) is 17.3. The number of hydrogen-bond acceptors (Lipinski definition) is 9. The highest BCUT2D eigenvalue weighted by atomic mass is 16.5. The number of nitrogens with zero attached hydrogens (tertiary/aromatic N) is 4. The van der Waals surface area contributed by atoms with Crippen LogP contribution in [0.15, 0.2) is 0 Å². The van der Waals surface area contributed by atoms with Gasteiger partial charge in [0, 0.05) is 46.4 Å². The van der Waals surface area contributed by atoms with Crippen molar-refractivity contribution < 1.29 is 23.9 Å². The van der Waals surface area contributed by atoms with E-state index in [1.165, 1.54) is 6.92 Å². The largest absolute Gasteiger partial charge is 0.383 e. The van der Waals surface area contributed by atoms with Gasteiger partial charge in [-0.15, -0.1) is 0 Å². The van der Waals surface area contributed by atoms with Crippen LogP contribution in [0.2, 0.25) is 0 Å². The van der Waals surface area contributed by atoms with Crippen LogP contribution in [-0.4, -0.2) is 156 Å². The van der Waals surface area contributed by atoms with Gasteiger partial charge in [0.1, 0.15) is 5.78 Å². The molecular weight excluding hydrogens is 586 g/mol. The van der Waals surface area contributed by atoms with Crippen LogP contribution in [0.3, 0.4) is 0 Å². The maximum Gasteiger partial charge on any atom is 0.240 e. The lowest BCUT2D eigenvalue weighted by atomic mass is 10.0. The Balaban J connectivity index is 0.000000345. The number of amides is 3. The van der Waals surface area contributed by atoms with Gasteiger partial charge in [-0.05, 0) is 98.4 Å². The van der Waals surface area contributed by atoms with Crippen molar-refractivity contribution in [3.63, 3.8) is 0 Å². The second-order valence-corrected chi connectivity index (χ2v) is 13.8. The maximum absolute atomic E-state index is 12.2. The first kappa shape index (κ1) is 41.9. The van der Waals surface area contributed by atoms with E-state index in [0.717, 1.165) is 64.7 Å². The molecule has 6 atom stereocenters. The molecule has 12 nitrogen and oxygen atoms in total. The van der Waals surface area contributed by atoms with Crippen LogP contribution in [0.4, 0.5) is 0 Å². The third-order valence-electron chi connectivity index (χ3n) is 9.26. The molecule has 0 spiro atoms. The van der Waals surface area contributed by atoms with E-state index in [9.17, 15) is 19.2 Å². The number of nitrogens with one attached hydrogen (secondary N) is 3. The van der Waals surface area contributed by atoms with Crippen molar-refractivity contribution in [1.82, 2.24) is 35.6 Å². The third kappa shape index (κ3) is 15.2. The Bertz CT molecular complexity index is 920. The van der Waals surface area contributed by atoms with Crippen LogP contribution in [0.5, 0.6) is 0 Å². The quantitative estimate of drug-likeness (QED) is 0.303. The molecule has 0 saturated carbocycles. The van der Waals surface area contributed by atoms with Crippen molar-refractivity contribution in [2.75, 3.05) is 94.8 Å². The molecule has 3 rings (SSSR count). The highest BCUT2D eigenvalue weighted by Gasteiger charge is 2.30. The van der Waals surface area contributed by atoms with Gasteiger partial charge in [0.05, 0.1) is 31.3 Å². The second kappa shape index (κ2) is 22.4. The van der Waals surface area contributed by atoms with Gasteiger partial charge in [-0.2, -0.15) is 0 Å². The molecule has 12 heteroatoms. The Morgan fingerprint density at radius 3 is 1.43 bits per heavy atom. The Morgan fingerprint density at radius 2 is 1.09 bits per heavy atom. The Hall–Kier alpha value is -2.12. The molecule has 3 N–H and O–H groups in total. The number of likely N-dealkylation sites (tertiary alicyclic amines) is 3. The number of likely N-dealkylation sites (N-methyl/N-ethyl adjacent to an activating group) is 4. The Labute approximate surface area is 279 Å². The number of carbonyl (C=O) groups is 4. The zero-order chi connectivity index (χ0) is 34.8. The highest BCUT2D eigenvalue weighted by Crippen LogP contribution is 2.20. The van der Waals surface area contributed by atoms with E-state index in [2.05, 4.69) is 41.6 Å². The van der Waals surface area contributed by atoms with Gasteiger partial charge in [-0.25, -0.2) is 0 Å². The van der Waals surface area contributed by atoms with Crippen LogP contribution in [0.25, 0.3) is 0 Å². The Kier molecular flexibility index (Phi) is 20.5. The van der Waals surface area contributed by atoms with Crippen LogP contribution >= 0.6 is 0 Å². The number of ketones is 1. The summed E-state index contributed by atoms with van der Waals surface area (Å²) in [7, 11) is 11.3.